The summed E-state index contributed by atoms with van der Waals surface area (Å²) >= 11 is 0. The van der Waals surface area contributed by atoms with E-state index < -0.39 is 8.24 Å². The third-order valence-corrected chi connectivity index (χ3v) is 5.21. The summed E-state index contributed by atoms with van der Waals surface area (Å²) in [4.78, 5) is 10.9. The fraction of sp³-hybridized carbons (Fsp3) is 0.889. The summed E-state index contributed by atoms with van der Waals surface area (Å²) in [7, 11) is 0.921. The number of hydrogen-bond acceptors (Lipinski definition) is 3. The van der Waals surface area contributed by atoms with Crippen molar-refractivity contribution in [2.45, 2.75) is 38.5 Å². The molecule has 0 saturated carbocycles. The van der Waals surface area contributed by atoms with E-state index in [2.05, 4.69) is 31.3 Å². The first-order chi connectivity index (χ1) is 5.91. The van der Waals surface area contributed by atoms with Crippen molar-refractivity contribution in [2.24, 2.45) is 0 Å². The van der Waals surface area contributed by atoms with Crippen molar-refractivity contribution in [1.82, 2.24) is 4.57 Å². The standard InChI is InChI=1S/C9H19NO2Si/c1-10(13(2,3)4)8-5-6-9(11)12-7-8/h8H,5-7H2,1-4H3. The van der Waals surface area contributed by atoms with E-state index in [1.165, 1.54) is 0 Å². The van der Waals surface area contributed by atoms with E-state index in [0.717, 1.165) is 6.42 Å². The summed E-state index contributed by atoms with van der Waals surface area (Å²) in [6, 6.07) is 0.448. The molecule has 0 amide bonds. The molecule has 13 heavy (non-hydrogen) atoms. The highest BCUT2D eigenvalue weighted by Gasteiger charge is 2.30. The second-order valence-electron chi connectivity index (χ2n) is 4.66. The summed E-state index contributed by atoms with van der Waals surface area (Å²) in [5.41, 5.74) is 0. The molecule has 0 aliphatic carbocycles. The van der Waals surface area contributed by atoms with E-state index in [9.17, 15) is 4.79 Å². The molecule has 0 N–H and O–H groups in total. The number of esters is 1. The molecule has 1 heterocycles. The first kappa shape index (κ1) is 10.7. The van der Waals surface area contributed by atoms with E-state index in [0.29, 0.717) is 19.1 Å². The van der Waals surface area contributed by atoms with Gasteiger partial charge in [-0.15, -0.1) is 0 Å². The van der Waals surface area contributed by atoms with Crippen LogP contribution in [0.2, 0.25) is 19.6 Å². The minimum atomic E-state index is -1.23. The smallest absolute Gasteiger partial charge is 0.305 e. The zero-order valence-corrected chi connectivity index (χ0v) is 9.96. The van der Waals surface area contributed by atoms with E-state index in [1.54, 1.807) is 0 Å². The van der Waals surface area contributed by atoms with E-state index >= 15 is 0 Å². The number of nitrogens with zero attached hydrogens (tertiary/aromatic N) is 1. The fourth-order valence-electron chi connectivity index (χ4n) is 1.48. The van der Waals surface area contributed by atoms with E-state index in [-0.39, 0.29) is 5.97 Å². The highest BCUT2D eigenvalue weighted by atomic mass is 28.3. The van der Waals surface area contributed by atoms with Gasteiger partial charge in [-0.05, 0) is 13.5 Å². The second-order valence-corrected chi connectivity index (χ2v) is 9.70. The maximum Gasteiger partial charge on any atom is 0.305 e. The van der Waals surface area contributed by atoms with Crippen LogP contribution in [0.3, 0.4) is 0 Å². The van der Waals surface area contributed by atoms with Crippen LogP contribution in [0.5, 0.6) is 0 Å². The number of cyclic esters (lactones) is 1. The Labute approximate surface area is 81.1 Å². The van der Waals surface area contributed by atoms with Crippen molar-refractivity contribution < 1.29 is 9.53 Å². The normalized spacial score (nSPS) is 24.7. The van der Waals surface area contributed by atoms with Crippen molar-refractivity contribution in [3.05, 3.63) is 0 Å². The van der Waals surface area contributed by atoms with E-state index in [4.69, 9.17) is 4.74 Å². The summed E-state index contributed by atoms with van der Waals surface area (Å²) in [5.74, 6) is -0.0415. The van der Waals surface area contributed by atoms with Crippen LogP contribution < -0.4 is 0 Å². The van der Waals surface area contributed by atoms with Gasteiger partial charge in [-0.3, -0.25) is 4.79 Å². The molecule has 0 aromatic carbocycles. The number of carbonyl (C=O) groups is 1. The van der Waals surface area contributed by atoms with E-state index in [1.807, 2.05) is 0 Å². The van der Waals surface area contributed by atoms with Gasteiger partial charge >= 0.3 is 5.97 Å². The maximum absolute atomic E-state index is 10.9. The molecule has 1 aliphatic heterocycles. The number of hydrogen-bond donors (Lipinski definition) is 0. The Morgan fingerprint density at radius 2 is 2.08 bits per heavy atom. The van der Waals surface area contributed by atoms with Gasteiger partial charge in [-0.25, -0.2) is 0 Å². The second kappa shape index (κ2) is 3.80. The van der Waals surface area contributed by atoms with Crippen molar-refractivity contribution in [3.8, 4) is 0 Å². The molecule has 0 radical (unpaired) electrons. The van der Waals surface area contributed by atoms with Gasteiger partial charge in [0.15, 0.2) is 0 Å². The topological polar surface area (TPSA) is 29.5 Å². The van der Waals surface area contributed by atoms with Crippen molar-refractivity contribution in [3.63, 3.8) is 0 Å². The monoisotopic (exact) mass is 201 g/mol. The quantitative estimate of drug-likeness (QED) is 0.500. The minimum absolute atomic E-state index is 0.0415. The predicted molar refractivity (Wildman–Crippen MR) is 55.1 cm³/mol. The van der Waals surface area contributed by atoms with Crippen molar-refractivity contribution in [1.29, 1.82) is 0 Å². The largest absolute Gasteiger partial charge is 0.464 e. The SMILES string of the molecule is CN(C1CCC(=O)OC1)[Si](C)(C)C. The molecule has 1 saturated heterocycles. The Balaban J connectivity index is 2.49. The van der Waals surface area contributed by atoms with Crippen LogP contribution in [0.4, 0.5) is 0 Å². The summed E-state index contributed by atoms with van der Waals surface area (Å²) in [6.45, 7) is 7.51. The zero-order valence-electron chi connectivity index (χ0n) is 8.96. The van der Waals surface area contributed by atoms with Crippen LogP contribution in [0.15, 0.2) is 0 Å². The van der Waals surface area contributed by atoms with Crippen LogP contribution in [-0.4, -0.2) is 38.5 Å². The lowest BCUT2D eigenvalue weighted by Gasteiger charge is -2.38. The molecule has 1 aliphatic rings. The van der Waals surface area contributed by atoms with Gasteiger partial charge < -0.3 is 9.30 Å². The van der Waals surface area contributed by atoms with Gasteiger partial charge in [0.05, 0.1) is 0 Å². The van der Waals surface area contributed by atoms with Gasteiger partial charge in [0.2, 0.25) is 0 Å². The molecule has 76 valence electrons. The van der Waals surface area contributed by atoms with Crippen LogP contribution >= 0.6 is 0 Å². The molecule has 1 unspecified atom stereocenters. The lowest BCUT2D eigenvalue weighted by molar-refractivity contribution is -0.149. The summed E-state index contributed by atoms with van der Waals surface area (Å²) in [5, 5.41) is 0. The molecule has 4 heteroatoms. The fourth-order valence-corrected chi connectivity index (χ4v) is 2.78. The molecule has 3 nitrogen and oxygen atoms in total. The first-order valence-corrected chi connectivity index (χ1v) is 8.24. The Bertz CT molecular complexity index is 190. The molecule has 0 bridgehead atoms. The minimum Gasteiger partial charge on any atom is -0.464 e. The van der Waals surface area contributed by atoms with Crippen molar-refractivity contribution >= 4 is 14.2 Å². The van der Waals surface area contributed by atoms with Crippen LogP contribution in [0.25, 0.3) is 0 Å². The molecular weight excluding hydrogens is 182 g/mol. The number of ether oxygens (including phenoxy) is 1. The summed E-state index contributed by atoms with van der Waals surface area (Å²) in [6.07, 6.45) is 1.54. The van der Waals surface area contributed by atoms with Crippen LogP contribution in [0.1, 0.15) is 12.8 Å². The Morgan fingerprint density at radius 1 is 1.46 bits per heavy atom. The molecule has 0 aromatic heterocycles. The highest BCUT2D eigenvalue weighted by molar-refractivity contribution is 6.73. The number of likely N-dealkylation sites (N-methyl/N-ethyl adjacent to an activating group) is 1. The molecule has 1 fully saturated rings. The van der Waals surface area contributed by atoms with Gasteiger partial charge in [0.1, 0.15) is 14.8 Å². The number of rotatable bonds is 2. The average Bonchev–Trinajstić information content (AvgIpc) is 2.03. The predicted octanol–water partition coefficient (Wildman–Crippen LogP) is 1.46. The summed E-state index contributed by atoms with van der Waals surface area (Å²) < 4.78 is 7.46. The van der Waals surface area contributed by atoms with Gasteiger partial charge in [-0.1, -0.05) is 19.6 Å². The highest BCUT2D eigenvalue weighted by Crippen LogP contribution is 2.18. The van der Waals surface area contributed by atoms with Crippen LogP contribution in [-0.2, 0) is 9.53 Å². The maximum atomic E-state index is 10.9. The van der Waals surface area contributed by atoms with Gasteiger partial charge in [-0.2, -0.15) is 0 Å². The number of carbonyl (C=O) groups excluding carboxylic acids is 1. The molecule has 0 aromatic rings. The molecule has 0 spiro atoms. The molecule has 1 atom stereocenters. The average molecular weight is 201 g/mol. The molecular formula is C9H19NO2Si. The van der Waals surface area contributed by atoms with Crippen molar-refractivity contribution in [2.75, 3.05) is 13.7 Å². The first-order valence-electron chi connectivity index (χ1n) is 4.80. The third-order valence-electron chi connectivity index (χ3n) is 2.72. The van der Waals surface area contributed by atoms with Gasteiger partial charge in [0, 0.05) is 12.5 Å². The third kappa shape index (κ3) is 2.81. The zero-order chi connectivity index (χ0) is 10.1. The van der Waals surface area contributed by atoms with Gasteiger partial charge in [0.25, 0.3) is 0 Å². The molecule has 1 rings (SSSR count). The lowest BCUT2D eigenvalue weighted by Crippen LogP contribution is -2.52. The Hall–Kier alpha value is -0.353. The van der Waals surface area contributed by atoms with Crippen LogP contribution in [0, 0.1) is 0 Å². The lowest BCUT2D eigenvalue weighted by atomic mass is 10.1. The Morgan fingerprint density at radius 3 is 2.46 bits per heavy atom. The Kier molecular flexibility index (Phi) is 3.13.